The highest BCUT2D eigenvalue weighted by molar-refractivity contribution is 9.10. The number of pyridine rings is 1. The molecule has 5 rings (SSSR count). The molecule has 1 amide bonds. The molecule has 8 nitrogen and oxygen atoms in total. The Bertz CT molecular complexity index is 1770. The van der Waals surface area contributed by atoms with Gasteiger partial charge >= 0.3 is 5.97 Å². The maximum Gasteiger partial charge on any atom is 0.358 e. The van der Waals surface area contributed by atoms with E-state index in [-0.39, 0.29) is 11.6 Å². The number of ether oxygens (including phenoxy) is 2. The lowest BCUT2D eigenvalue weighted by molar-refractivity contribution is 0.00616. The highest BCUT2D eigenvalue weighted by Gasteiger charge is 2.26. The molecule has 0 spiro atoms. The van der Waals surface area contributed by atoms with Crippen molar-refractivity contribution in [2.75, 3.05) is 18.1 Å². The van der Waals surface area contributed by atoms with Gasteiger partial charge < -0.3 is 14.4 Å². The number of benzene rings is 2. The molecule has 0 fully saturated rings. The van der Waals surface area contributed by atoms with Crippen LogP contribution in [-0.4, -0.2) is 48.3 Å². The largest absolute Gasteiger partial charge is 0.455 e. The van der Waals surface area contributed by atoms with Gasteiger partial charge in [-0.15, -0.1) is 0 Å². The van der Waals surface area contributed by atoms with Gasteiger partial charge in [-0.1, -0.05) is 55.2 Å². The summed E-state index contributed by atoms with van der Waals surface area (Å²) in [5.41, 5.74) is 3.20. The number of rotatable bonds is 8. The van der Waals surface area contributed by atoms with Crippen LogP contribution in [0.3, 0.4) is 0 Å². The Morgan fingerprint density at radius 1 is 1.07 bits per heavy atom. The number of hydrogen-bond acceptors (Lipinski definition) is 7. The second kappa shape index (κ2) is 13.1. The molecule has 2 aromatic carbocycles. The Morgan fingerprint density at radius 3 is 2.59 bits per heavy atom. The van der Waals surface area contributed by atoms with Crippen LogP contribution in [-0.2, 0) is 29.2 Å². The van der Waals surface area contributed by atoms with Gasteiger partial charge in [0.2, 0.25) is 0 Å². The fourth-order valence-electron chi connectivity index (χ4n) is 4.97. The van der Waals surface area contributed by atoms with Gasteiger partial charge in [0.05, 0.1) is 14.7 Å². The number of aromatic nitrogens is 2. The summed E-state index contributed by atoms with van der Waals surface area (Å²) in [4.78, 5) is 38.7. The average Bonchev–Trinajstić information content (AvgIpc) is 3.30. The molecule has 0 saturated heterocycles. The summed E-state index contributed by atoms with van der Waals surface area (Å²) in [5.74, 6) is -0.125. The molecule has 0 N–H and O–H groups in total. The van der Waals surface area contributed by atoms with E-state index in [1.165, 1.54) is 11.3 Å². The van der Waals surface area contributed by atoms with Crippen LogP contribution in [0.4, 0.5) is 5.82 Å². The first kappa shape index (κ1) is 32.3. The van der Waals surface area contributed by atoms with Crippen LogP contribution in [0.15, 0.2) is 64.1 Å². The molecular formula is C33H39BrN4O4SSi. The maximum absolute atomic E-state index is 13.8. The van der Waals surface area contributed by atoms with Crippen LogP contribution < -0.4 is 9.70 Å². The topological polar surface area (TPSA) is 86.0 Å². The van der Waals surface area contributed by atoms with Gasteiger partial charge in [-0.05, 0) is 90.6 Å². The van der Waals surface area contributed by atoms with Crippen LogP contribution in [0.25, 0.3) is 10.2 Å². The van der Waals surface area contributed by atoms with E-state index in [2.05, 4.69) is 56.5 Å². The lowest BCUT2D eigenvalue weighted by Crippen LogP contribution is -2.33. The molecule has 0 radical (unpaired) electrons. The summed E-state index contributed by atoms with van der Waals surface area (Å²) in [6.45, 7) is 14.7. The van der Waals surface area contributed by atoms with Gasteiger partial charge in [0.15, 0.2) is 10.5 Å². The fraction of sp³-hybridized carbons (Fsp3) is 0.394. The molecule has 1 aliphatic rings. The standard InChI is InChI=1S/C33H39BrN4O4SSi/c1-33(2,3)42-31(40)29-25(34)14-15-28(35-29)37-17-16-22-10-9-11-23(24(22)20-37)30(39)36-32-38(21-41-18-19-44(4,5)6)26-12-7-8-13-27(26)43-32/h7-15H,16-21H2,1-6H3/b36-32-. The van der Waals surface area contributed by atoms with Gasteiger partial charge in [0.25, 0.3) is 5.91 Å². The number of amides is 1. The van der Waals surface area contributed by atoms with Gasteiger partial charge in [-0.3, -0.25) is 9.36 Å². The van der Waals surface area contributed by atoms with Crippen LogP contribution in [0.5, 0.6) is 0 Å². The van der Waals surface area contributed by atoms with E-state index in [4.69, 9.17) is 9.47 Å². The quantitative estimate of drug-likeness (QED) is 0.108. The van der Waals surface area contributed by atoms with Crippen molar-refractivity contribution in [3.8, 4) is 0 Å². The summed E-state index contributed by atoms with van der Waals surface area (Å²) in [7, 11) is -1.23. The Morgan fingerprint density at radius 2 is 1.84 bits per heavy atom. The van der Waals surface area contributed by atoms with Gasteiger partial charge in [0, 0.05) is 33.3 Å². The minimum absolute atomic E-state index is 0.226. The minimum atomic E-state index is -1.23. The number of nitrogens with zero attached hydrogens (tertiary/aromatic N) is 4. The number of hydrogen-bond donors (Lipinski definition) is 0. The fourth-order valence-corrected chi connectivity index (χ4v) is 7.12. The number of carbonyl (C=O) groups excluding carboxylic acids is 2. The minimum Gasteiger partial charge on any atom is -0.455 e. The van der Waals surface area contributed by atoms with Gasteiger partial charge in [0.1, 0.15) is 18.1 Å². The molecule has 11 heteroatoms. The summed E-state index contributed by atoms with van der Waals surface area (Å²) in [5, 5.41) is 0. The summed E-state index contributed by atoms with van der Waals surface area (Å²) < 4.78 is 15.3. The Hall–Kier alpha value is -3.12. The summed E-state index contributed by atoms with van der Waals surface area (Å²) >= 11 is 4.94. The molecule has 0 unspecified atom stereocenters. The van der Waals surface area contributed by atoms with Crippen molar-refractivity contribution in [2.24, 2.45) is 4.99 Å². The van der Waals surface area contributed by atoms with Crippen LogP contribution >= 0.6 is 27.3 Å². The summed E-state index contributed by atoms with van der Waals surface area (Å²) in [6.07, 6.45) is 0.740. The number of halogens is 1. The predicted molar refractivity (Wildman–Crippen MR) is 182 cm³/mol. The molecule has 0 aliphatic carbocycles. The van der Waals surface area contributed by atoms with Crippen molar-refractivity contribution in [3.05, 3.63) is 86.3 Å². The Kier molecular flexibility index (Phi) is 9.60. The van der Waals surface area contributed by atoms with Crippen molar-refractivity contribution in [1.29, 1.82) is 0 Å². The van der Waals surface area contributed by atoms with Crippen molar-refractivity contribution in [1.82, 2.24) is 9.55 Å². The van der Waals surface area contributed by atoms with Crippen molar-refractivity contribution in [3.63, 3.8) is 0 Å². The Labute approximate surface area is 271 Å². The monoisotopic (exact) mass is 694 g/mol. The van der Waals surface area contributed by atoms with Gasteiger partial charge in [-0.25, -0.2) is 9.78 Å². The first-order valence-electron chi connectivity index (χ1n) is 14.8. The molecule has 0 bridgehead atoms. The van der Waals surface area contributed by atoms with E-state index in [0.29, 0.717) is 47.1 Å². The third-order valence-corrected chi connectivity index (χ3v) is 10.7. The summed E-state index contributed by atoms with van der Waals surface area (Å²) in [6, 6.07) is 18.7. The first-order chi connectivity index (χ1) is 20.8. The van der Waals surface area contributed by atoms with E-state index in [9.17, 15) is 9.59 Å². The second-order valence-electron chi connectivity index (χ2n) is 13.2. The van der Waals surface area contributed by atoms with Crippen LogP contribution in [0.2, 0.25) is 25.7 Å². The molecule has 3 heterocycles. The van der Waals surface area contributed by atoms with E-state index < -0.39 is 19.6 Å². The molecule has 4 aromatic rings. The highest BCUT2D eigenvalue weighted by atomic mass is 79.9. The highest BCUT2D eigenvalue weighted by Crippen LogP contribution is 2.29. The Balaban J connectivity index is 1.43. The SMILES string of the molecule is CC(C)(C)OC(=O)c1nc(N2CCc3cccc(C(=O)/N=c4\sc5ccccc5n4COCC[Si](C)(C)C)c3C2)ccc1Br. The van der Waals surface area contributed by atoms with Crippen molar-refractivity contribution < 1.29 is 19.1 Å². The number of fused-ring (bicyclic) bond motifs is 2. The number of thiazole rings is 1. The van der Waals surface area contributed by atoms with Crippen molar-refractivity contribution in [2.45, 2.75) is 71.8 Å². The lowest BCUT2D eigenvalue weighted by atomic mass is 9.94. The molecule has 232 valence electrons. The zero-order chi connectivity index (χ0) is 31.6. The average molecular weight is 696 g/mol. The number of carbonyl (C=O) groups is 2. The molecule has 1 aliphatic heterocycles. The number of anilines is 1. The van der Waals surface area contributed by atoms with E-state index in [1.807, 2.05) is 73.9 Å². The van der Waals surface area contributed by atoms with Crippen LogP contribution in [0.1, 0.15) is 52.7 Å². The molecule has 0 saturated carbocycles. The third-order valence-electron chi connectivity index (χ3n) is 7.25. The zero-order valence-electron chi connectivity index (χ0n) is 26.1. The van der Waals surface area contributed by atoms with Crippen molar-refractivity contribution >= 4 is 63.3 Å². The predicted octanol–water partition coefficient (Wildman–Crippen LogP) is 7.43. The van der Waals surface area contributed by atoms with Crippen LogP contribution in [0, 0.1) is 0 Å². The first-order valence-corrected chi connectivity index (χ1v) is 20.1. The zero-order valence-corrected chi connectivity index (χ0v) is 29.5. The second-order valence-corrected chi connectivity index (χ2v) is 20.6. The number of esters is 1. The molecule has 2 aromatic heterocycles. The normalized spacial score (nSPS) is 14.2. The van der Waals surface area contributed by atoms with Gasteiger partial charge in [-0.2, -0.15) is 4.99 Å². The van der Waals surface area contributed by atoms with E-state index in [0.717, 1.165) is 33.8 Å². The lowest BCUT2D eigenvalue weighted by Gasteiger charge is -2.31. The molecular weight excluding hydrogens is 656 g/mol. The van der Waals surface area contributed by atoms with E-state index >= 15 is 0 Å². The maximum atomic E-state index is 13.8. The number of para-hydroxylation sites is 1. The van der Waals surface area contributed by atoms with E-state index in [1.54, 1.807) is 0 Å². The third kappa shape index (κ3) is 7.74. The smallest absolute Gasteiger partial charge is 0.358 e. The molecule has 0 atom stereocenters. The molecule has 44 heavy (non-hydrogen) atoms.